The second-order valence-electron chi connectivity index (χ2n) is 14.3. The van der Waals surface area contributed by atoms with Crippen LogP contribution in [0.5, 0.6) is 0 Å². The maximum absolute atomic E-state index is 13.3. The molecule has 2 N–H and O–H groups in total. The van der Waals surface area contributed by atoms with Gasteiger partial charge in [0.15, 0.2) is 0 Å². The Balaban J connectivity index is 1.15. The highest BCUT2D eigenvalue weighted by atomic mass is 35.5. The molecule has 1 aromatic carbocycles. The van der Waals surface area contributed by atoms with E-state index in [-0.39, 0.29) is 34.8 Å². The molecule has 0 bridgehead atoms. The first-order valence-electron chi connectivity index (χ1n) is 15.6. The standard InChI is InChI=1S/C34H44ClNO4/c1-19(8-13-28(37)38)25-11-12-26-24-10-9-20-18-21(14-16-33(20,2)27(24)15-17-34(25,26)3)36-30-29(35)31(39)22-6-4-5-7-23(22)32(30)40/h4-7,19-21,24-27,36H,8-18H2,1-3H3,(H,37,38)/t19-,20-,21-,24?,25?,26?,27?,33?,34?/m1/s1. The van der Waals surface area contributed by atoms with Crippen molar-refractivity contribution in [3.05, 3.63) is 46.1 Å². The van der Waals surface area contributed by atoms with Gasteiger partial charge in [-0.05, 0) is 111 Å². The Morgan fingerprint density at radius 2 is 1.65 bits per heavy atom. The van der Waals surface area contributed by atoms with Crippen LogP contribution in [0.1, 0.15) is 112 Å². The lowest BCUT2D eigenvalue weighted by Crippen LogP contribution is -2.55. The molecular weight excluding hydrogens is 522 g/mol. The number of carbonyl (C=O) groups excluding carboxylic acids is 2. The number of Topliss-reactive ketones (excluding diaryl/α,β-unsaturated/α-hetero) is 2. The van der Waals surface area contributed by atoms with Gasteiger partial charge in [0, 0.05) is 23.6 Å². The minimum atomic E-state index is -0.672. The first-order chi connectivity index (χ1) is 19.0. The van der Waals surface area contributed by atoms with Crippen LogP contribution in [0.25, 0.3) is 0 Å². The Morgan fingerprint density at radius 3 is 2.38 bits per heavy atom. The van der Waals surface area contributed by atoms with Crippen molar-refractivity contribution >= 4 is 29.1 Å². The van der Waals surface area contributed by atoms with Crippen molar-refractivity contribution in [3.63, 3.8) is 0 Å². The Kier molecular flexibility index (Phi) is 7.21. The molecular formula is C34H44ClNO4. The zero-order chi connectivity index (χ0) is 28.4. The van der Waals surface area contributed by atoms with Crippen LogP contribution in [0.2, 0.25) is 0 Å². The minimum absolute atomic E-state index is 0.0284. The van der Waals surface area contributed by atoms with Crippen molar-refractivity contribution in [2.45, 2.75) is 97.4 Å². The molecule has 5 aliphatic rings. The maximum atomic E-state index is 13.3. The topological polar surface area (TPSA) is 83.5 Å². The lowest BCUT2D eigenvalue weighted by atomic mass is 9.44. The van der Waals surface area contributed by atoms with E-state index < -0.39 is 5.97 Å². The minimum Gasteiger partial charge on any atom is -0.481 e. The van der Waals surface area contributed by atoms with Gasteiger partial charge in [-0.25, -0.2) is 0 Å². The summed E-state index contributed by atoms with van der Waals surface area (Å²) >= 11 is 6.48. The number of fused-ring (bicyclic) bond motifs is 6. The van der Waals surface area contributed by atoms with E-state index >= 15 is 0 Å². The molecule has 0 amide bonds. The van der Waals surface area contributed by atoms with Gasteiger partial charge in [-0.2, -0.15) is 0 Å². The second kappa shape index (κ2) is 10.3. The molecule has 0 spiro atoms. The largest absolute Gasteiger partial charge is 0.481 e. The van der Waals surface area contributed by atoms with Crippen molar-refractivity contribution in [1.82, 2.24) is 5.32 Å². The third-order valence-electron chi connectivity index (χ3n) is 12.7. The van der Waals surface area contributed by atoms with Crippen LogP contribution in [0.4, 0.5) is 0 Å². The van der Waals surface area contributed by atoms with Crippen molar-refractivity contribution in [3.8, 4) is 0 Å². The lowest BCUT2D eigenvalue weighted by molar-refractivity contribution is -0.137. The number of halogens is 1. The summed E-state index contributed by atoms with van der Waals surface area (Å²) in [5.41, 5.74) is 1.78. The van der Waals surface area contributed by atoms with E-state index in [4.69, 9.17) is 11.6 Å². The van der Waals surface area contributed by atoms with E-state index in [1.165, 1.54) is 38.5 Å². The van der Waals surface area contributed by atoms with Crippen molar-refractivity contribution in [1.29, 1.82) is 0 Å². The average molecular weight is 566 g/mol. The Morgan fingerprint density at radius 1 is 0.975 bits per heavy atom. The smallest absolute Gasteiger partial charge is 0.303 e. The van der Waals surface area contributed by atoms with Gasteiger partial charge in [0.1, 0.15) is 10.7 Å². The van der Waals surface area contributed by atoms with Crippen molar-refractivity contribution in [2.24, 2.45) is 46.3 Å². The molecule has 6 unspecified atom stereocenters. The molecule has 0 heterocycles. The SMILES string of the molecule is C[C@H](CCC(=O)O)C1CCC2C3CC[C@@H]4C[C@H](NC5=C(Cl)C(=O)c6ccccc6C5=O)CCC4(C)C3CCC21C. The summed E-state index contributed by atoms with van der Waals surface area (Å²) in [6, 6.07) is 7.11. The van der Waals surface area contributed by atoms with Gasteiger partial charge in [-0.1, -0.05) is 56.6 Å². The lowest BCUT2D eigenvalue weighted by Gasteiger charge is -2.61. The van der Waals surface area contributed by atoms with Crippen LogP contribution in [0, 0.1) is 46.3 Å². The third kappa shape index (κ3) is 4.37. The van der Waals surface area contributed by atoms with Crippen LogP contribution in [0.3, 0.4) is 0 Å². The van der Waals surface area contributed by atoms with E-state index in [0.29, 0.717) is 39.7 Å². The molecule has 0 aromatic heterocycles. The van der Waals surface area contributed by atoms with Gasteiger partial charge in [-0.3, -0.25) is 14.4 Å². The van der Waals surface area contributed by atoms with E-state index in [9.17, 15) is 19.5 Å². The molecule has 0 aliphatic heterocycles. The maximum Gasteiger partial charge on any atom is 0.303 e. The van der Waals surface area contributed by atoms with Crippen LogP contribution < -0.4 is 5.32 Å². The van der Waals surface area contributed by atoms with Gasteiger partial charge in [-0.15, -0.1) is 0 Å². The number of ketones is 2. The van der Waals surface area contributed by atoms with Crippen molar-refractivity contribution in [2.75, 3.05) is 0 Å². The summed E-state index contributed by atoms with van der Waals surface area (Å²) in [6.07, 6.45) is 11.8. The summed E-state index contributed by atoms with van der Waals surface area (Å²) in [5.74, 6) is 2.88. The molecule has 5 aliphatic carbocycles. The number of allylic oxidation sites excluding steroid dienone is 2. The molecule has 6 heteroatoms. The highest BCUT2D eigenvalue weighted by molar-refractivity contribution is 6.49. The molecule has 4 saturated carbocycles. The normalized spacial score (nSPS) is 39.6. The van der Waals surface area contributed by atoms with Crippen LogP contribution in [0.15, 0.2) is 35.0 Å². The second-order valence-corrected chi connectivity index (χ2v) is 14.7. The zero-order valence-corrected chi connectivity index (χ0v) is 24.9. The molecule has 1 aromatic rings. The summed E-state index contributed by atoms with van der Waals surface area (Å²) in [5, 5.41) is 12.7. The van der Waals surface area contributed by atoms with Gasteiger partial charge in [0.25, 0.3) is 0 Å². The fourth-order valence-electron chi connectivity index (χ4n) is 10.6. The van der Waals surface area contributed by atoms with Crippen LogP contribution >= 0.6 is 11.6 Å². The quantitative estimate of drug-likeness (QED) is 0.370. The molecule has 40 heavy (non-hydrogen) atoms. The van der Waals surface area contributed by atoms with Gasteiger partial charge < -0.3 is 10.4 Å². The molecule has 6 rings (SSSR count). The van der Waals surface area contributed by atoms with Gasteiger partial charge in [0.2, 0.25) is 11.6 Å². The average Bonchev–Trinajstić information content (AvgIpc) is 3.30. The number of carboxylic acid groups (broad SMARTS) is 1. The summed E-state index contributed by atoms with van der Waals surface area (Å²) in [4.78, 5) is 37.4. The summed E-state index contributed by atoms with van der Waals surface area (Å²) in [6.45, 7) is 7.38. The summed E-state index contributed by atoms with van der Waals surface area (Å²) < 4.78 is 0. The number of carbonyl (C=O) groups is 3. The molecule has 5 nitrogen and oxygen atoms in total. The highest BCUT2D eigenvalue weighted by Crippen LogP contribution is 2.68. The van der Waals surface area contributed by atoms with E-state index in [1.807, 2.05) is 0 Å². The number of aliphatic carboxylic acids is 1. The predicted octanol–water partition coefficient (Wildman–Crippen LogP) is 7.63. The highest BCUT2D eigenvalue weighted by Gasteiger charge is 2.60. The number of hydrogen-bond acceptors (Lipinski definition) is 4. The van der Waals surface area contributed by atoms with Crippen molar-refractivity contribution < 1.29 is 19.5 Å². The molecule has 4 fully saturated rings. The van der Waals surface area contributed by atoms with Gasteiger partial charge in [0.05, 0.1) is 0 Å². The van der Waals surface area contributed by atoms with Crippen LogP contribution in [-0.2, 0) is 4.79 Å². The first kappa shape index (κ1) is 28.0. The number of carboxylic acids is 1. The van der Waals surface area contributed by atoms with E-state index in [1.54, 1.807) is 24.3 Å². The third-order valence-corrected chi connectivity index (χ3v) is 13.0. The monoisotopic (exact) mass is 565 g/mol. The number of benzene rings is 1. The number of nitrogens with one attached hydrogen (secondary N) is 1. The first-order valence-corrected chi connectivity index (χ1v) is 16.0. The van der Waals surface area contributed by atoms with E-state index in [0.717, 1.165) is 43.4 Å². The molecule has 0 saturated heterocycles. The fourth-order valence-corrected chi connectivity index (χ4v) is 10.8. The summed E-state index contributed by atoms with van der Waals surface area (Å²) in [7, 11) is 0. The fraction of sp³-hybridized carbons (Fsp3) is 0.676. The molecule has 0 radical (unpaired) electrons. The van der Waals surface area contributed by atoms with Gasteiger partial charge >= 0.3 is 5.97 Å². The zero-order valence-electron chi connectivity index (χ0n) is 24.2. The molecule has 216 valence electrons. The Hall–Kier alpha value is -2.14. The van der Waals surface area contributed by atoms with E-state index in [2.05, 4.69) is 26.1 Å². The Bertz CT molecular complexity index is 1260. The predicted molar refractivity (Wildman–Crippen MR) is 156 cm³/mol. The number of rotatable bonds is 6. The molecule has 9 atom stereocenters. The number of hydrogen-bond donors (Lipinski definition) is 2. The van der Waals surface area contributed by atoms with Crippen LogP contribution in [-0.4, -0.2) is 28.7 Å². The Labute approximate surface area is 243 Å².